The highest BCUT2D eigenvalue weighted by atomic mass is 32.1. The predicted octanol–water partition coefficient (Wildman–Crippen LogP) is 5.49. The third-order valence-corrected chi connectivity index (χ3v) is 6.93. The van der Waals surface area contributed by atoms with Crippen LogP contribution in [0, 0.1) is 6.92 Å². The summed E-state index contributed by atoms with van der Waals surface area (Å²) in [6.07, 6.45) is 5.33. The molecule has 7 heteroatoms. The van der Waals surface area contributed by atoms with Crippen molar-refractivity contribution in [2.24, 2.45) is 0 Å². The van der Waals surface area contributed by atoms with E-state index in [4.69, 9.17) is 9.15 Å². The molecule has 0 unspecified atom stereocenters. The number of aryl methyl sites for hydroxylation is 1. The van der Waals surface area contributed by atoms with Gasteiger partial charge in [0.15, 0.2) is 6.04 Å². The number of para-hydroxylation sites is 1. The first-order chi connectivity index (χ1) is 16.1. The molecule has 1 fully saturated rings. The second kappa shape index (κ2) is 10.7. The molecule has 174 valence electrons. The van der Waals surface area contributed by atoms with Crippen LogP contribution in [0.3, 0.4) is 0 Å². The van der Waals surface area contributed by atoms with Gasteiger partial charge in [0.05, 0.1) is 18.5 Å². The Morgan fingerprint density at radius 1 is 1.12 bits per heavy atom. The monoisotopic (exact) mass is 466 g/mol. The van der Waals surface area contributed by atoms with Crippen molar-refractivity contribution in [3.8, 4) is 5.75 Å². The van der Waals surface area contributed by atoms with Crippen LogP contribution >= 0.6 is 11.3 Å². The number of amides is 2. The molecule has 0 bridgehead atoms. The Morgan fingerprint density at radius 2 is 1.91 bits per heavy atom. The van der Waals surface area contributed by atoms with Gasteiger partial charge in [0.1, 0.15) is 17.3 Å². The number of furan rings is 1. The van der Waals surface area contributed by atoms with Crippen LogP contribution in [0.1, 0.15) is 64.9 Å². The maximum Gasteiger partial charge on any atom is 0.265 e. The van der Waals surface area contributed by atoms with Gasteiger partial charge in [0.2, 0.25) is 0 Å². The summed E-state index contributed by atoms with van der Waals surface area (Å²) >= 11 is 1.36. The zero-order chi connectivity index (χ0) is 23.2. The van der Waals surface area contributed by atoms with E-state index in [9.17, 15) is 9.59 Å². The van der Waals surface area contributed by atoms with E-state index in [0.29, 0.717) is 22.1 Å². The van der Waals surface area contributed by atoms with E-state index in [1.807, 2.05) is 48.7 Å². The van der Waals surface area contributed by atoms with E-state index < -0.39 is 6.04 Å². The molecular formula is C26H30N2O4S. The lowest BCUT2D eigenvalue weighted by molar-refractivity contribution is -0.127. The molecule has 6 nitrogen and oxygen atoms in total. The normalized spacial score (nSPS) is 15.1. The van der Waals surface area contributed by atoms with Gasteiger partial charge < -0.3 is 19.4 Å². The van der Waals surface area contributed by atoms with Gasteiger partial charge in [-0.05, 0) is 49.4 Å². The van der Waals surface area contributed by atoms with E-state index in [2.05, 4.69) is 5.32 Å². The summed E-state index contributed by atoms with van der Waals surface area (Å²) in [6, 6.07) is 14.0. The standard InChI is InChI=1S/C26H30N2O4S/c1-18-14-15-22(32-18)24(25(29)27-20-10-4-3-5-11-20)28(26(30)23-13-8-16-33-23)17-19-9-6-7-12-21(19)31-2/h6-9,12-16,20,24H,3-5,10-11,17H2,1-2H3,(H,27,29)/t24-/m1/s1. The van der Waals surface area contributed by atoms with Crippen LogP contribution in [0.5, 0.6) is 5.75 Å². The van der Waals surface area contributed by atoms with Crippen LogP contribution in [0.25, 0.3) is 0 Å². The van der Waals surface area contributed by atoms with Crippen molar-refractivity contribution in [1.82, 2.24) is 10.2 Å². The molecule has 4 rings (SSSR count). The molecule has 0 radical (unpaired) electrons. The Kier molecular flexibility index (Phi) is 7.50. The van der Waals surface area contributed by atoms with Crippen molar-refractivity contribution in [2.45, 2.75) is 57.7 Å². The lowest BCUT2D eigenvalue weighted by Crippen LogP contribution is -2.46. The average Bonchev–Trinajstić information content (AvgIpc) is 3.51. The van der Waals surface area contributed by atoms with Gasteiger partial charge in [0, 0.05) is 11.6 Å². The topological polar surface area (TPSA) is 71.8 Å². The summed E-state index contributed by atoms with van der Waals surface area (Å²) in [5.41, 5.74) is 0.823. The fourth-order valence-electron chi connectivity index (χ4n) is 4.39. The van der Waals surface area contributed by atoms with E-state index in [-0.39, 0.29) is 24.4 Å². The van der Waals surface area contributed by atoms with Gasteiger partial charge in [-0.15, -0.1) is 11.3 Å². The van der Waals surface area contributed by atoms with Gasteiger partial charge in [-0.1, -0.05) is 43.5 Å². The molecule has 1 aromatic carbocycles. The molecular weight excluding hydrogens is 436 g/mol. The summed E-state index contributed by atoms with van der Waals surface area (Å²) in [5, 5.41) is 5.06. The molecule has 3 aromatic rings. The molecule has 33 heavy (non-hydrogen) atoms. The summed E-state index contributed by atoms with van der Waals surface area (Å²) in [7, 11) is 1.60. The first-order valence-corrected chi connectivity index (χ1v) is 12.3. The Bertz CT molecular complexity index is 1070. The number of hydrogen-bond donors (Lipinski definition) is 1. The smallest absolute Gasteiger partial charge is 0.265 e. The summed E-state index contributed by atoms with van der Waals surface area (Å²) < 4.78 is 11.4. The number of nitrogens with one attached hydrogen (secondary N) is 1. The summed E-state index contributed by atoms with van der Waals surface area (Å²) in [6.45, 7) is 2.05. The molecule has 0 aliphatic heterocycles. The van der Waals surface area contributed by atoms with Crippen LogP contribution in [0.4, 0.5) is 0 Å². The first kappa shape index (κ1) is 23.1. The van der Waals surface area contributed by atoms with E-state index in [0.717, 1.165) is 31.2 Å². The third kappa shape index (κ3) is 5.47. The minimum absolute atomic E-state index is 0.120. The number of benzene rings is 1. The molecule has 1 saturated carbocycles. The van der Waals surface area contributed by atoms with Crippen LogP contribution in [-0.4, -0.2) is 29.9 Å². The lowest BCUT2D eigenvalue weighted by Gasteiger charge is -2.32. The third-order valence-electron chi connectivity index (χ3n) is 6.07. The van der Waals surface area contributed by atoms with Crippen LogP contribution in [0.15, 0.2) is 58.3 Å². The molecule has 1 atom stereocenters. The van der Waals surface area contributed by atoms with E-state index in [1.165, 1.54) is 17.8 Å². The molecule has 1 aliphatic carbocycles. The van der Waals surface area contributed by atoms with Crippen LogP contribution in [0.2, 0.25) is 0 Å². The number of carbonyl (C=O) groups excluding carboxylic acids is 2. The molecule has 1 N–H and O–H groups in total. The van der Waals surface area contributed by atoms with Crippen LogP contribution < -0.4 is 10.1 Å². The molecule has 2 amide bonds. The number of hydrogen-bond acceptors (Lipinski definition) is 5. The maximum absolute atomic E-state index is 13.7. The first-order valence-electron chi connectivity index (χ1n) is 11.4. The number of methoxy groups -OCH3 is 1. The number of ether oxygens (including phenoxy) is 1. The number of nitrogens with zero attached hydrogens (tertiary/aromatic N) is 1. The fourth-order valence-corrected chi connectivity index (χ4v) is 5.07. The van der Waals surface area contributed by atoms with Gasteiger partial charge >= 0.3 is 0 Å². The Morgan fingerprint density at radius 3 is 2.58 bits per heavy atom. The van der Waals surface area contributed by atoms with Gasteiger partial charge in [-0.3, -0.25) is 9.59 Å². The minimum atomic E-state index is -0.889. The van der Waals surface area contributed by atoms with Crippen molar-refractivity contribution in [1.29, 1.82) is 0 Å². The number of thiophene rings is 1. The number of rotatable bonds is 8. The minimum Gasteiger partial charge on any atom is -0.496 e. The zero-order valence-corrected chi connectivity index (χ0v) is 19.9. The molecule has 0 spiro atoms. The van der Waals surface area contributed by atoms with Crippen molar-refractivity contribution < 1.29 is 18.7 Å². The number of carbonyl (C=O) groups is 2. The Hall–Kier alpha value is -3.06. The van der Waals surface area contributed by atoms with Gasteiger partial charge in [-0.25, -0.2) is 0 Å². The van der Waals surface area contributed by atoms with Crippen molar-refractivity contribution >= 4 is 23.2 Å². The summed E-state index contributed by atoms with van der Waals surface area (Å²) in [4.78, 5) is 29.6. The highest BCUT2D eigenvalue weighted by Crippen LogP contribution is 2.31. The van der Waals surface area contributed by atoms with Crippen molar-refractivity contribution in [3.05, 3.63) is 75.9 Å². The zero-order valence-electron chi connectivity index (χ0n) is 19.1. The van der Waals surface area contributed by atoms with Gasteiger partial charge in [-0.2, -0.15) is 0 Å². The SMILES string of the molecule is COc1ccccc1CN(C(=O)c1cccs1)[C@@H](C(=O)NC1CCCCC1)c1ccc(C)o1. The molecule has 2 heterocycles. The van der Waals surface area contributed by atoms with Crippen molar-refractivity contribution in [3.63, 3.8) is 0 Å². The Labute approximate surface area is 198 Å². The molecule has 0 saturated heterocycles. The molecule has 2 aromatic heterocycles. The van der Waals surface area contributed by atoms with Gasteiger partial charge in [0.25, 0.3) is 11.8 Å². The van der Waals surface area contributed by atoms with E-state index >= 15 is 0 Å². The predicted molar refractivity (Wildman–Crippen MR) is 128 cm³/mol. The highest BCUT2D eigenvalue weighted by molar-refractivity contribution is 7.12. The van der Waals surface area contributed by atoms with Crippen molar-refractivity contribution in [2.75, 3.05) is 7.11 Å². The summed E-state index contributed by atoms with van der Waals surface area (Å²) in [5.74, 6) is 1.40. The average molecular weight is 467 g/mol. The second-order valence-corrected chi connectivity index (χ2v) is 9.36. The quantitative estimate of drug-likeness (QED) is 0.476. The lowest BCUT2D eigenvalue weighted by atomic mass is 9.95. The largest absolute Gasteiger partial charge is 0.496 e. The highest BCUT2D eigenvalue weighted by Gasteiger charge is 2.36. The second-order valence-electron chi connectivity index (χ2n) is 8.42. The van der Waals surface area contributed by atoms with Crippen LogP contribution in [-0.2, 0) is 11.3 Å². The maximum atomic E-state index is 13.7. The molecule has 1 aliphatic rings. The fraction of sp³-hybridized carbons (Fsp3) is 0.385. The Balaban J connectivity index is 1.73. The van der Waals surface area contributed by atoms with E-state index in [1.54, 1.807) is 24.1 Å².